The predicted molar refractivity (Wildman–Crippen MR) is 79.6 cm³/mol. The second-order valence-electron chi connectivity index (χ2n) is 5.82. The summed E-state index contributed by atoms with van der Waals surface area (Å²) in [7, 11) is 0. The Labute approximate surface area is 125 Å². The van der Waals surface area contributed by atoms with Gasteiger partial charge in [0.2, 0.25) is 5.91 Å². The molecule has 1 fully saturated rings. The standard InChI is InChI=1S/C14H23ClN4O/c1-9(2)8-19-14(15)13(10(3)17-19)11-5-4-6-18(11)12(20)7-16/h9,11H,4-8,16H2,1-3H3/t11-/m0/s1. The molecular weight excluding hydrogens is 276 g/mol. The van der Waals surface area contributed by atoms with Gasteiger partial charge < -0.3 is 10.6 Å². The number of aromatic nitrogens is 2. The van der Waals surface area contributed by atoms with Gasteiger partial charge in [-0.05, 0) is 25.7 Å². The third-order valence-electron chi connectivity index (χ3n) is 3.73. The molecule has 112 valence electrons. The molecule has 5 nitrogen and oxygen atoms in total. The minimum Gasteiger partial charge on any atom is -0.334 e. The lowest BCUT2D eigenvalue weighted by Crippen LogP contribution is -2.35. The molecule has 1 aromatic heterocycles. The van der Waals surface area contributed by atoms with E-state index < -0.39 is 0 Å². The minimum atomic E-state index is -0.0143. The van der Waals surface area contributed by atoms with E-state index in [4.69, 9.17) is 17.3 Å². The first-order valence-corrected chi connectivity index (χ1v) is 7.55. The third kappa shape index (κ3) is 2.83. The van der Waals surface area contributed by atoms with Gasteiger partial charge in [-0.3, -0.25) is 9.48 Å². The van der Waals surface area contributed by atoms with Crippen LogP contribution in [0.2, 0.25) is 5.15 Å². The molecule has 2 N–H and O–H groups in total. The van der Waals surface area contributed by atoms with Crippen LogP contribution in [0.15, 0.2) is 0 Å². The maximum Gasteiger partial charge on any atom is 0.236 e. The second-order valence-corrected chi connectivity index (χ2v) is 6.17. The number of aryl methyl sites for hydroxylation is 1. The Morgan fingerprint density at radius 1 is 1.55 bits per heavy atom. The summed E-state index contributed by atoms with van der Waals surface area (Å²) in [5.41, 5.74) is 7.40. The smallest absolute Gasteiger partial charge is 0.236 e. The SMILES string of the molecule is Cc1nn(CC(C)C)c(Cl)c1[C@@H]1CCCN1C(=O)CN. The van der Waals surface area contributed by atoms with E-state index in [-0.39, 0.29) is 18.5 Å². The third-order valence-corrected chi connectivity index (χ3v) is 4.13. The van der Waals surface area contributed by atoms with E-state index in [0.29, 0.717) is 11.1 Å². The largest absolute Gasteiger partial charge is 0.334 e. The zero-order valence-electron chi connectivity index (χ0n) is 12.4. The lowest BCUT2D eigenvalue weighted by atomic mass is 10.1. The Morgan fingerprint density at radius 3 is 2.85 bits per heavy atom. The Hall–Kier alpha value is -1.07. The number of nitrogens with zero attached hydrogens (tertiary/aromatic N) is 3. The molecule has 2 rings (SSSR count). The molecule has 1 aliphatic heterocycles. The van der Waals surface area contributed by atoms with Gasteiger partial charge in [-0.2, -0.15) is 5.10 Å². The fourth-order valence-corrected chi connectivity index (χ4v) is 3.26. The zero-order chi connectivity index (χ0) is 14.9. The number of nitrogens with two attached hydrogens (primary N) is 1. The average Bonchev–Trinajstić information content (AvgIpc) is 2.94. The first-order chi connectivity index (χ1) is 9.45. The van der Waals surface area contributed by atoms with Crippen molar-refractivity contribution < 1.29 is 4.79 Å². The van der Waals surface area contributed by atoms with E-state index in [0.717, 1.165) is 37.2 Å². The normalized spacial score (nSPS) is 19.1. The number of halogens is 1. The summed E-state index contributed by atoms with van der Waals surface area (Å²) in [5.74, 6) is 0.463. The molecule has 1 amide bonds. The van der Waals surface area contributed by atoms with Gasteiger partial charge in [0.15, 0.2) is 0 Å². The molecule has 1 saturated heterocycles. The van der Waals surface area contributed by atoms with E-state index >= 15 is 0 Å². The van der Waals surface area contributed by atoms with Gasteiger partial charge in [0.1, 0.15) is 5.15 Å². The van der Waals surface area contributed by atoms with Crippen molar-refractivity contribution in [3.8, 4) is 0 Å². The molecule has 0 saturated carbocycles. The van der Waals surface area contributed by atoms with Crippen LogP contribution in [0.25, 0.3) is 0 Å². The van der Waals surface area contributed by atoms with Crippen LogP contribution in [-0.4, -0.2) is 33.7 Å². The van der Waals surface area contributed by atoms with Crippen LogP contribution < -0.4 is 5.73 Å². The van der Waals surface area contributed by atoms with E-state index in [9.17, 15) is 4.79 Å². The van der Waals surface area contributed by atoms with Gasteiger partial charge in [0.05, 0.1) is 18.3 Å². The van der Waals surface area contributed by atoms with Crippen molar-refractivity contribution in [2.24, 2.45) is 11.7 Å². The highest BCUT2D eigenvalue weighted by molar-refractivity contribution is 6.30. The van der Waals surface area contributed by atoms with Gasteiger partial charge in [-0.15, -0.1) is 0 Å². The van der Waals surface area contributed by atoms with Crippen molar-refractivity contribution in [2.75, 3.05) is 13.1 Å². The Kier molecular flexibility index (Phi) is 4.70. The number of carbonyl (C=O) groups is 1. The lowest BCUT2D eigenvalue weighted by Gasteiger charge is -2.24. The molecule has 20 heavy (non-hydrogen) atoms. The summed E-state index contributed by atoms with van der Waals surface area (Å²) in [4.78, 5) is 13.8. The molecule has 0 radical (unpaired) electrons. The summed E-state index contributed by atoms with van der Waals surface area (Å²) >= 11 is 6.50. The molecule has 6 heteroatoms. The molecule has 0 spiro atoms. The highest BCUT2D eigenvalue weighted by Gasteiger charge is 2.33. The molecular formula is C14H23ClN4O. The van der Waals surface area contributed by atoms with Crippen LogP contribution in [0.4, 0.5) is 0 Å². The number of amides is 1. The topological polar surface area (TPSA) is 64.2 Å². The molecule has 0 aliphatic carbocycles. The van der Waals surface area contributed by atoms with Crippen molar-refractivity contribution >= 4 is 17.5 Å². The molecule has 1 aromatic rings. The van der Waals surface area contributed by atoms with Gasteiger partial charge >= 0.3 is 0 Å². The van der Waals surface area contributed by atoms with Crippen molar-refractivity contribution in [1.82, 2.24) is 14.7 Å². The van der Waals surface area contributed by atoms with Gasteiger partial charge in [-0.1, -0.05) is 25.4 Å². The van der Waals surface area contributed by atoms with Crippen LogP contribution in [0.5, 0.6) is 0 Å². The van der Waals surface area contributed by atoms with Crippen molar-refractivity contribution in [3.05, 3.63) is 16.4 Å². The van der Waals surface area contributed by atoms with Crippen LogP contribution in [0.1, 0.15) is 44.0 Å². The molecule has 0 unspecified atom stereocenters. The Morgan fingerprint density at radius 2 is 2.25 bits per heavy atom. The minimum absolute atomic E-state index is 0.0143. The van der Waals surface area contributed by atoms with Crippen molar-refractivity contribution in [1.29, 1.82) is 0 Å². The summed E-state index contributed by atoms with van der Waals surface area (Å²) in [6, 6.07) is 0.0273. The van der Waals surface area contributed by atoms with Crippen molar-refractivity contribution in [2.45, 2.75) is 46.2 Å². The fraction of sp³-hybridized carbons (Fsp3) is 0.714. The van der Waals surface area contributed by atoms with E-state index in [1.54, 1.807) is 0 Å². The number of likely N-dealkylation sites (tertiary alicyclic amines) is 1. The van der Waals surface area contributed by atoms with Crippen molar-refractivity contribution in [3.63, 3.8) is 0 Å². The Balaban J connectivity index is 2.32. The highest BCUT2D eigenvalue weighted by atomic mass is 35.5. The number of hydrogen-bond acceptors (Lipinski definition) is 3. The molecule has 1 atom stereocenters. The number of carbonyl (C=O) groups excluding carboxylic acids is 1. The predicted octanol–water partition coefficient (Wildman–Crippen LogP) is 2.12. The molecule has 1 aliphatic rings. The Bertz CT molecular complexity index is 498. The van der Waals surface area contributed by atoms with Gasteiger partial charge in [0.25, 0.3) is 0 Å². The summed E-state index contributed by atoms with van der Waals surface area (Å²) < 4.78 is 1.85. The fourth-order valence-electron chi connectivity index (χ4n) is 2.90. The summed E-state index contributed by atoms with van der Waals surface area (Å²) in [5, 5.41) is 5.19. The molecule has 0 aromatic carbocycles. The van der Waals surface area contributed by atoms with Crippen LogP contribution in [0.3, 0.4) is 0 Å². The number of rotatable bonds is 4. The van der Waals surface area contributed by atoms with Gasteiger partial charge in [0, 0.05) is 18.7 Å². The van der Waals surface area contributed by atoms with E-state index in [1.807, 2.05) is 16.5 Å². The zero-order valence-corrected chi connectivity index (χ0v) is 13.2. The first-order valence-electron chi connectivity index (χ1n) is 7.18. The van der Waals surface area contributed by atoms with Crippen LogP contribution >= 0.6 is 11.6 Å². The molecule has 2 heterocycles. The maximum absolute atomic E-state index is 11.9. The van der Waals surface area contributed by atoms with Crippen LogP contribution in [0, 0.1) is 12.8 Å². The van der Waals surface area contributed by atoms with Gasteiger partial charge in [-0.25, -0.2) is 0 Å². The quantitative estimate of drug-likeness (QED) is 0.926. The van der Waals surface area contributed by atoms with Crippen LogP contribution in [-0.2, 0) is 11.3 Å². The molecule has 0 bridgehead atoms. The maximum atomic E-state index is 11.9. The highest BCUT2D eigenvalue weighted by Crippen LogP contribution is 2.37. The summed E-state index contributed by atoms with van der Waals surface area (Å²) in [6.45, 7) is 7.82. The summed E-state index contributed by atoms with van der Waals surface area (Å²) in [6.07, 6.45) is 1.92. The number of hydrogen-bond donors (Lipinski definition) is 1. The van der Waals surface area contributed by atoms with E-state index in [1.165, 1.54) is 0 Å². The lowest BCUT2D eigenvalue weighted by molar-refractivity contribution is -0.130. The monoisotopic (exact) mass is 298 g/mol. The van der Waals surface area contributed by atoms with E-state index in [2.05, 4.69) is 18.9 Å². The average molecular weight is 299 g/mol. The first kappa shape index (κ1) is 15.3. The second kappa shape index (κ2) is 6.14.